The van der Waals surface area contributed by atoms with Gasteiger partial charge in [0.15, 0.2) is 0 Å². The van der Waals surface area contributed by atoms with Crippen LogP contribution < -0.4 is 0 Å². The lowest BCUT2D eigenvalue weighted by molar-refractivity contribution is 0.0216. The van der Waals surface area contributed by atoms with Crippen LogP contribution in [0, 0.1) is 11.3 Å². The van der Waals surface area contributed by atoms with E-state index < -0.39 is 12.2 Å². The molecule has 2 N–H and O–H groups in total. The highest BCUT2D eigenvalue weighted by Crippen LogP contribution is 2.27. The summed E-state index contributed by atoms with van der Waals surface area (Å²) in [7, 11) is 0. The number of aliphatic hydroxyl groups is 2. The van der Waals surface area contributed by atoms with Gasteiger partial charge in [-0.2, -0.15) is 5.26 Å². The Morgan fingerprint density at radius 2 is 1.93 bits per heavy atom. The Morgan fingerprint density at radius 1 is 1.27 bits per heavy atom. The van der Waals surface area contributed by atoms with Crippen molar-refractivity contribution in [3.63, 3.8) is 0 Å². The lowest BCUT2D eigenvalue weighted by Crippen LogP contribution is -2.17. The fourth-order valence-electron chi connectivity index (χ4n) is 1.12. The number of hydrogen-bond acceptors (Lipinski definition) is 3. The SMILES string of the molecule is N#CCC(O)C(O)c1ccc(Cl)c(Cl)c1. The normalized spacial score (nSPS) is 14.3. The standard InChI is InChI=1S/C10H9Cl2NO2/c11-7-2-1-6(5-8(7)12)10(15)9(14)3-4-13/h1-2,5,9-10,14-15H,3H2. The average molecular weight is 246 g/mol. The van der Waals surface area contributed by atoms with Gasteiger partial charge in [0, 0.05) is 0 Å². The van der Waals surface area contributed by atoms with Gasteiger partial charge in [-0.15, -0.1) is 0 Å². The Bertz CT molecular complexity index is 389. The number of nitrogens with zero attached hydrogens (tertiary/aromatic N) is 1. The molecular weight excluding hydrogens is 237 g/mol. The molecule has 0 bridgehead atoms. The molecule has 0 spiro atoms. The predicted octanol–water partition coefficient (Wildman–Crippen LogP) is 2.30. The van der Waals surface area contributed by atoms with Crippen LogP contribution in [0.4, 0.5) is 0 Å². The summed E-state index contributed by atoms with van der Waals surface area (Å²) in [6.07, 6.45) is -2.38. The van der Waals surface area contributed by atoms with Crippen LogP contribution in [0.15, 0.2) is 18.2 Å². The summed E-state index contributed by atoms with van der Waals surface area (Å²) in [5, 5.41) is 28.1. The minimum absolute atomic E-state index is 0.137. The van der Waals surface area contributed by atoms with E-state index in [0.717, 1.165) is 0 Å². The second kappa shape index (κ2) is 5.34. The monoisotopic (exact) mass is 245 g/mol. The van der Waals surface area contributed by atoms with Gasteiger partial charge in [0.2, 0.25) is 0 Å². The van der Waals surface area contributed by atoms with Crippen molar-refractivity contribution in [3.05, 3.63) is 33.8 Å². The van der Waals surface area contributed by atoms with Gasteiger partial charge >= 0.3 is 0 Å². The number of halogens is 2. The van der Waals surface area contributed by atoms with Crippen LogP contribution in [0.3, 0.4) is 0 Å². The first-order valence-corrected chi connectivity index (χ1v) is 5.00. The van der Waals surface area contributed by atoms with E-state index in [1.165, 1.54) is 12.1 Å². The molecule has 2 atom stereocenters. The Kier molecular flexibility index (Phi) is 4.37. The van der Waals surface area contributed by atoms with Crippen LogP contribution in [0.25, 0.3) is 0 Å². The van der Waals surface area contributed by atoms with E-state index in [4.69, 9.17) is 28.5 Å². The summed E-state index contributed by atoms with van der Waals surface area (Å²) < 4.78 is 0. The Morgan fingerprint density at radius 3 is 2.47 bits per heavy atom. The Hall–Kier alpha value is -0.790. The summed E-state index contributed by atoms with van der Waals surface area (Å²) in [5.74, 6) is 0. The first-order chi connectivity index (χ1) is 7.06. The average Bonchev–Trinajstić information content (AvgIpc) is 2.21. The molecule has 15 heavy (non-hydrogen) atoms. The lowest BCUT2D eigenvalue weighted by Gasteiger charge is -2.15. The van der Waals surface area contributed by atoms with E-state index in [9.17, 15) is 10.2 Å². The second-order valence-corrected chi connectivity index (χ2v) is 3.86. The molecule has 0 aromatic heterocycles. The van der Waals surface area contributed by atoms with Crippen molar-refractivity contribution in [2.45, 2.75) is 18.6 Å². The molecular formula is C10H9Cl2NO2. The van der Waals surface area contributed by atoms with Crippen molar-refractivity contribution in [1.29, 1.82) is 5.26 Å². The lowest BCUT2D eigenvalue weighted by atomic mass is 10.0. The van der Waals surface area contributed by atoms with Gasteiger partial charge < -0.3 is 10.2 Å². The zero-order valence-electron chi connectivity index (χ0n) is 7.69. The quantitative estimate of drug-likeness (QED) is 0.859. The fourth-order valence-corrected chi connectivity index (χ4v) is 1.43. The van der Waals surface area contributed by atoms with Crippen LogP contribution in [-0.4, -0.2) is 16.3 Å². The van der Waals surface area contributed by atoms with Gasteiger partial charge in [-0.25, -0.2) is 0 Å². The molecule has 5 heteroatoms. The molecule has 2 unspecified atom stereocenters. The van der Waals surface area contributed by atoms with Crippen molar-refractivity contribution in [2.75, 3.05) is 0 Å². The van der Waals surface area contributed by atoms with E-state index in [-0.39, 0.29) is 6.42 Å². The largest absolute Gasteiger partial charge is 0.389 e. The van der Waals surface area contributed by atoms with E-state index in [1.807, 2.05) is 0 Å². The number of benzene rings is 1. The van der Waals surface area contributed by atoms with Crippen molar-refractivity contribution in [1.82, 2.24) is 0 Å². The maximum absolute atomic E-state index is 9.63. The zero-order valence-corrected chi connectivity index (χ0v) is 9.20. The van der Waals surface area contributed by atoms with Crippen molar-refractivity contribution < 1.29 is 10.2 Å². The van der Waals surface area contributed by atoms with Crippen LogP contribution in [0.5, 0.6) is 0 Å². The topological polar surface area (TPSA) is 64.2 Å². The van der Waals surface area contributed by atoms with Gasteiger partial charge in [-0.3, -0.25) is 0 Å². The van der Waals surface area contributed by atoms with E-state index in [0.29, 0.717) is 15.6 Å². The first kappa shape index (κ1) is 12.3. The molecule has 0 amide bonds. The summed E-state index contributed by atoms with van der Waals surface area (Å²) in [6, 6.07) is 6.33. The molecule has 0 aliphatic carbocycles. The van der Waals surface area contributed by atoms with Crippen molar-refractivity contribution in [2.24, 2.45) is 0 Å². The molecule has 0 radical (unpaired) electrons. The van der Waals surface area contributed by atoms with Crippen molar-refractivity contribution in [3.8, 4) is 6.07 Å². The molecule has 0 heterocycles. The highest BCUT2D eigenvalue weighted by Gasteiger charge is 2.18. The molecule has 1 aromatic carbocycles. The molecule has 80 valence electrons. The molecule has 0 fully saturated rings. The zero-order chi connectivity index (χ0) is 11.4. The van der Waals surface area contributed by atoms with Crippen LogP contribution in [0.2, 0.25) is 10.0 Å². The van der Waals surface area contributed by atoms with Crippen LogP contribution in [0.1, 0.15) is 18.1 Å². The number of aliphatic hydroxyl groups excluding tert-OH is 2. The summed E-state index contributed by atoms with van der Waals surface area (Å²) in [4.78, 5) is 0. The van der Waals surface area contributed by atoms with E-state index in [2.05, 4.69) is 0 Å². The third-order valence-corrected chi connectivity index (χ3v) is 2.69. The number of hydrogen-bond donors (Lipinski definition) is 2. The van der Waals surface area contributed by atoms with Crippen LogP contribution in [-0.2, 0) is 0 Å². The van der Waals surface area contributed by atoms with Gasteiger partial charge in [-0.1, -0.05) is 29.3 Å². The third kappa shape index (κ3) is 3.08. The van der Waals surface area contributed by atoms with E-state index >= 15 is 0 Å². The number of rotatable bonds is 3. The highest BCUT2D eigenvalue weighted by atomic mass is 35.5. The van der Waals surface area contributed by atoms with Crippen molar-refractivity contribution >= 4 is 23.2 Å². The number of nitriles is 1. The molecule has 0 saturated heterocycles. The Balaban J connectivity index is 2.87. The summed E-state index contributed by atoms with van der Waals surface area (Å²) >= 11 is 11.4. The molecule has 0 saturated carbocycles. The first-order valence-electron chi connectivity index (χ1n) is 4.24. The van der Waals surface area contributed by atoms with E-state index in [1.54, 1.807) is 12.1 Å². The second-order valence-electron chi connectivity index (χ2n) is 3.05. The molecule has 1 aromatic rings. The van der Waals surface area contributed by atoms with Gasteiger partial charge in [0.1, 0.15) is 6.10 Å². The highest BCUT2D eigenvalue weighted by molar-refractivity contribution is 6.42. The maximum atomic E-state index is 9.63. The fraction of sp³-hybridized carbons (Fsp3) is 0.300. The summed E-state index contributed by atoms with van der Waals surface area (Å²) in [5.41, 5.74) is 0.437. The van der Waals surface area contributed by atoms with Gasteiger partial charge in [-0.05, 0) is 17.7 Å². The molecule has 1 rings (SSSR count). The molecule has 3 nitrogen and oxygen atoms in total. The molecule has 0 aliphatic rings. The van der Waals surface area contributed by atoms with Gasteiger partial charge in [0.05, 0.1) is 28.6 Å². The minimum Gasteiger partial charge on any atom is -0.389 e. The maximum Gasteiger partial charge on any atom is 0.106 e. The Labute approximate surface area is 97.5 Å². The minimum atomic E-state index is -1.13. The molecule has 0 aliphatic heterocycles. The third-order valence-electron chi connectivity index (χ3n) is 1.95. The smallest absolute Gasteiger partial charge is 0.106 e. The predicted molar refractivity (Wildman–Crippen MR) is 57.7 cm³/mol. The van der Waals surface area contributed by atoms with Crippen LogP contribution >= 0.6 is 23.2 Å². The summed E-state index contributed by atoms with van der Waals surface area (Å²) in [6.45, 7) is 0. The van der Waals surface area contributed by atoms with Gasteiger partial charge in [0.25, 0.3) is 0 Å².